The van der Waals surface area contributed by atoms with Gasteiger partial charge in [-0.25, -0.2) is 9.97 Å². The molecular weight excluding hydrogens is 360 g/mol. The van der Waals surface area contributed by atoms with Crippen molar-refractivity contribution >= 4 is 23.0 Å². The van der Waals surface area contributed by atoms with Gasteiger partial charge >= 0.3 is 0 Å². The summed E-state index contributed by atoms with van der Waals surface area (Å²) in [7, 11) is 0. The summed E-state index contributed by atoms with van der Waals surface area (Å²) in [5, 5.41) is 3.34. The molecule has 3 aromatic rings. The fourth-order valence-electron chi connectivity index (χ4n) is 3.80. The third-order valence-electron chi connectivity index (χ3n) is 5.66. The smallest absolute Gasteiger partial charge is 0.157 e. The van der Waals surface area contributed by atoms with E-state index in [0.717, 1.165) is 32.0 Å². The Hall–Kier alpha value is -3.28. The quantitative estimate of drug-likeness (QED) is 0.696. The fourth-order valence-corrected chi connectivity index (χ4v) is 3.80. The largest absolute Gasteiger partial charge is 0.393 e. The van der Waals surface area contributed by atoms with Gasteiger partial charge in [-0.3, -0.25) is 0 Å². The lowest BCUT2D eigenvalue weighted by Gasteiger charge is -2.38. The average molecular weight is 389 g/mol. The van der Waals surface area contributed by atoms with Crippen molar-refractivity contribution in [2.45, 2.75) is 20.4 Å². The first-order chi connectivity index (χ1) is 14.1. The molecule has 4 rings (SSSR count). The number of benzene rings is 2. The third-order valence-corrected chi connectivity index (χ3v) is 5.66. The van der Waals surface area contributed by atoms with Gasteiger partial charge in [-0.05, 0) is 36.6 Å². The Morgan fingerprint density at radius 2 is 1.62 bits per heavy atom. The van der Waals surface area contributed by atoms with E-state index in [0.29, 0.717) is 18.1 Å². The maximum Gasteiger partial charge on any atom is 0.157 e. The van der Waals surface area contributed by atoms with Crippen LogP contribution in [0.3, 0.4) is 0 Å². The fraction of sp³-hybridized carbons (Fsp3) is 0.304. The number of hydrogen-bond donors (Lipinski definition) is 2. The van der Waals surface area contributed by atoms with Crippen molar-refractivity contribution < 1.29 is 0 Å². The van der Waals surface area contributed by atoms with Crippen molar-refractivity contribution in [3.63, 3.8) is 0 Å². The predicted molar refractivity (Wildman–Crippen MR) is 121 cm³/mol. The standard InChI is InChI=1S/C23H28N6/c1-17-7-6-10-20(18(17)2)28-11-13-29(14-12-28)23-21(24)22(26-16-27-23)25-15-19-8-4-3-5-9-19/h3-10,16H,11-15,24H2,1-2H3,(H,25,26,27). The number of nitrogens with one attached hydrogen (secondary N) is 1. The van der Waals surface area contributed by atoms with Crippen molar-refractivity contribution in [2.75, 3.05) is 47.0 Å². The van der Waals surface area contributed by atoms with Crippen molar-refractivity contribution in [1.29, 1.82) is 0 Å². The lowest BCUT2D eigenvalue weighted by Crippen LogP contribution is -2.47. The van der Waals surface area contributed by atoms with E-state index in [4.69, 9.17) is 5.73 Å². The summed E-state index contributed by atoms with van der Waals surface area (Å²) >= 11 is 0. The van der Waals surface area contributed by atoms with E-state index in [1.54, 1.807) is 6.33 Å². The second kappa shape index (κ2) is 8.39. The Morgan fingerprint density at radius 3 is 2.38 bits per heavy atom. The van der Waals surface area contributed by atoms with Crippen LogP contribution in [0, 0.1) is 13.8 Å². The molecule has 3 N–H and O–H groups in total. The van der Waals surface area contributed by atoms with Gasteiger partial charge in [0.05, 0.1) is 0 Å². The summed E-state index contributed by atoms with van der Waals surface area (Å²) in [6, 6.07) is 16.7. The van der Waals surface area contributed by atoms with Crippen molar-refractivity contribution in [3.8, 4) is 0 Å². The second-order valence-electron chi connectivity index (χ2n) is 7.49. The molecule has 1 aliphatic heterocycles. The van der Waals surface area contributed by atoms with Gasteiger partial charge in [0.2, 0.25) is 0 Å². The van der Waals surface area contributed by atoms with Crippen molar-refractivity contribution in [3.05, 3.63) is 71.5 Å². The number of nitrogen functional groups attached to an aromatic ring is 1. The topological polar surface area (TPSA) is 70.3 Å². The zero-order chi connectivity index (χ0) is 20.2. The van der Waals surface area contributed by atoms with E-state index in [1.165, 1.54) is 22.4 Å². The van der Waals surface area contributed by atoms with Crippen LogP contribution in [0.5, 0.6) is 0 Å². The maximum atomic E-state index is 6.43. The molecule has 0 aliphatic carbocycles. The molecule has 1 aliphatic rings. The molecule has 0 spiro atoms. The normalized spacial score (nSPS) is 14.1. The molecule has 6 heteroatoms. The van der Waals surface area contributed by atoms with Crippen LogP contribution in [0.15, 0.2) is 54.9 Å². The summed E-state index contributed by atoms with van der Waals surface area (Å²) in [5.74, 6) is 1.51. The minimum absolute atomic E-state index is 0.614. The Labute approximate surface area is 172 Å². The summed E-state index contributed by atoms with van der Waals surface area (Å²) in [6.07, 6.45) is 1.59. The zero-order valence-corrected chi connectivity index (χ0v) is 17.1. The van der Waals surface area contributed by atoms with Gasteiger partial charge in [0, 0.05) is 38.4 Å². The molecule has 2 heterocycles. The number of piperazine rings is 1. The Bertz CT molecular complexity index is 964. The van der Waals surface area contributed by atoms with Crippen LogP contribution < -0.4 is 20.9 Å². The molecule has 6 nitrogen and oxygen atoms in total. The summed E-state index contributed by atoms with van der Waals surface area (Å²) < 4.78 is 0. The van der Waals surface area contributed by atoms with Crippen molar-refractivity contribution in [2.24, 2.45) is 0 Å². The predicted octanol–water partition coefficient (Wildman–Crippen LogP) is 3.61. The van der Waals surface area contributed by atoms with E-state index >= 15 is 0 Å². The minimum atomic E-state index is 0.614. The highest BCUT2D eigenvalue weighted by Gasteiger charge is 2.22. The van der Waals surface area contributed by atoms with E-state index in [-0.39, 0.29) is 0 Å². The van der Waals surface area contributed by atoms with Gasteiger partial charge in [-0.15, -0.1) is 0 Å². The molecule has 1 aromatic heterocycles. The first kappa shape index (κ1) is 19.1. The molecule has 2 aromatic carbocycles. The molecule has 0 unspecified atom stereocenters. The van der Waals surface area contributed by atoms with Crippen LogP contribution in [-0.4, -0.2) is 36.1 Å². The summed E-state index contributed by atoms with van der Waals surface area (Å²) in [5.41, 5.74) is 12.2. The van der Waals surface area contributed by atoms with Crippen LogP contribution in [0.1, 0.15) is 16.7 Å². The highest BCUT2D eigenvalue weighted by molar-refractivity contribution is 5.75. The number of aromatic nitrogens is 2. The van der Waals surface area contributed by atoms with Gasteiger partial charge in [-0.1, -0.05) is 42.5 Å². The Balaban J connectivity index is 1.44. The number of nitrogens with two attached hydrogens (primary N) is 1. The first-order valence-corrected chi connectivity index (χ1v) is 10.1. The molecule has 0 amide bonds. The molecule has 150 valence electrons. The van der Waals surface area contributed by atoms with E-state index in [1.807, 2.05) is 18.2 Å². The van der Waals surface area contributed by atoms with Gasteiger partial charge in [0.15, 0.2) is 11.6 Å². The maximum absolute atomic E-state index is 6.43. The molecule has 0 bridgehead atoms. The SMILES string of the molecule is Cc1cccc(N2CCN(c3ncnc(NCc4ccccc4)c3N)CC2)c1C. The van der Waals surface area contributed by atoms with Crippen LogP contribution in [0.4, 0.5) is 23.0 Å². The lowest BCUT2D eigenvalue weighted by molar-refractivity contribution is 0.646. The molecule has 29 heavy (non-hydrogen) atoms. The monoisotopic (exact) mass is 388 g/mol. The summed E-state index contributed by atoms with van der Waals surface area (Å²) in [4.78, 5) is 13.5. The minimum Gasteiger partial charge on any atom is -0.393 e. The molecule has 1 fully saturated rings. The van der Waals surface area contributed by atoms with Crippen LogP contribution in [-0.2, 0) is 6.54 Å². The summed E-state index contributed by atoms with van der Waals surface area (Å²) in [6.45, 7) is 8.70. The number of anilines is 4. The van der Waals surface area contributed by atoms with Crippen LogP contribution in [0.25, 0.3) is 0 Å². The van der Waals surface area contributed by atoms with Gasteiger partial charge in [-0.2, -0.15) is 0 Å². The zero-order valence-electron chi connectivity index (χ0n) is 17.1. The molecule has 1 saturated heterocycles. The van der Waals surface area contributed by atoms with E-state index in [2.05, 4.69) is 69.3 Å². The first-order valence-electron chi connectivity index (χ1n) is 10.1. The molecule has 0 atom stereocenters. The number of rotatable bonds is 5. The highest BCUT2D eigenvalue weighted by atomic mass is 15.3. The Morgan fingerprint density at radius 1 is 0.897 bits per heavy atom. The number of nitrogens with zero attached hydrogens (tertiary/aromatic N) is 4. The van der Waals surface area contributed by atoms with Crippen LogP contribution in [0.2, 0.25) is 0 Å². The van der Waals surface area contributed by atoms with Crippen LogP contribution >= 0.6 is 0 Å². The lowest BCUT2D eigenvalue weighted by atomic mass is 10.1. The number of aryl methyl sites for hydroxylation is 1. The molecule has 0 radical (unpaired) electrons. The second-order valence-corrected chi connectivity index (χ2v) is 7.49. The van der Waals surface area contributed by atoms with E-state index in [9.17, 15) is 0 Å². The number of hydrogen-bond acceptors (Lipinski definition) is 6. The highest BCUT2D eigenvalue weighted by Crippen LogP contribution is 2.29. The van der Waals surface area contributed by atoms with E-state index < -0.39 is 0 Å². The Kier molecular flexibility index (Phi) is 5.51. The van der Waals surface area contributed by atoms with Gasteiger partial charge in [0.25, 0.3) is 0 Å². The third kappa shape index (κ3) is 4.11. The molecular formula is C23H28N6. The molecule has 0 saturated carbocycles. The van der Waals surface area contributed by atoms with Gasteiger partial charge in [0.1, 0.15) is 12.0 Å². The van der Waals surface area contributed by atoms with Gasteiger partial charge < -0.3 is 20.9 Å². The average Bonchev–Trinajstić information content (AvgIpc) is 2.76. The van der Waals surface area contributed by atoms with Crippen molar-refractivity contribution in [1.82, 2.24) is 9.97 Å².